The van der Waals surface area contributed by atoms with E-state index >= 15 is 0 Å². The second kappa shape index (κ2) is 8.50. The van der Waals surface area contributed by atoms with Gasteiger partial charge in [0.15, 0.2) is 0 Å². The summed E-state index contributed by atoms with van der Waals surface area (Å²) in [5.41, 5.74) is 2.38. The van der Waals surface area contributed by atoms with Gasteiger partial charge < -0.3 is 10.2 Å². The van der Waals surface area contributed by atoms with Crippen molar-refractivity contribution in [1.82, 2.24) is 10.2 Å². The third kappa shape index (κ3) is 4.28. The first kappa shape index (κ1) is 18.8. The largest absolute Gasteiger partial charge is 0.339 e. The zero-order valence-electron chi connectivity index (χ0n) is 14.3. The SMILES string of the molecule is CNCCC1CCN(C(=O)c2csc3c2CCC(C)C3)CC1.Cl. The summed E-state index contributed by atoms with van der Waals surface area (Å²) in [4.78, 5) is 16.4. The lowest BCUT2D eigenvalue weighted by Crippen LogP contribution is -2.39. The molecule has 0 saturated carbocycles. The van der Waals surface area contributed by atoms with Crippen LogP contribution in [0.4, 0.5) is 0 Å². The predicted molar refractivity (Wildman–Crippen MR) is 99.9 cm³/mol. The van der Waals surface area contributed by atoms with E-state index in [1.54, 1.807) is 11.3 Å². The van der Waals surface area contributed by atoms with E-state index in [0.29, 0.717) is 5.91 Å². The molecule has 3 nitrogen and oxygen atoms in total. The van der Waals surface area contributed by atoms with Crippen molar-refractivity contribution in [2.45, 2.75) is 45.4 Å². The Balaban J connectivity index is 0.00000192. The van der Waals surface area contributed by atoms with Crippen LogP contribution in [0.5, 0.6) is 0 Å². The van der Waals surface area contributed by atoms with Gasteiger partial charge in [0.05, 0.1) is 5.56 Å². The Morgan fingerprint density at radius 1 is 1.35 bits per heavy atom. The average molecular weight is 357 g/mol. The van der Waals surface area contributed by atoms with Crippen LogP contribution >= 0.6 is 23.7 Å². The standard InChI is InChI=1S/C18H28N2OS.ClH/c1-13-3-4-15-16(12-22-17(15)11-13)18(21)20-9-6-14(7-10-20)5-8-19-2;/h12-14,19H,3-11H2,1-2H3;1H. The number of carbonyl (C=O) groups excluding carboxylic acids is 1. The molecular weight excluding hydrogens is 328 g/mol. The van der Waals surface area contributed by atoms with Crippen LogP contribution in [0, 0.1) is 11.8 Å². The number of hydrogen-bond donors (Lipinski definition) is 1. The first-order valence-electron chi connectivity index (χ1n) is 8.72. The lowest BCUT2D eigenvalue weighted by Gasteiger charge is -2.32. The maximum absolute atomic E-state index is 12.9. The number of halogens is 1. The number of piperidine rings is 1. The van der Waals surface area contributed by atoms with Crippen LogP contribution in [0.25, 0.3) is 0 Å². The van der Waals surface area contributed by atoms with Crippen molar-refractivity contribution in [3.63, 3.8) is 0 Å². The average Bonchev–Trinajstić information content (AvgIpc) is 2.95. The molecule has 1 saturated heterocycles. The molecule has 0 bridgehead atoms. The van der Waals surface area contributed by atoms with Crippen molar-refractivity contribution in [3.05, 3.63) is 21.4 Å². The lowest BCUT2D eigenvalue weighted by molar-refractivity contribution is 0.0686. The molecule has 0 radical (unpaired) electrons. The second-order valence-electron chi connectivity index (χ2n) is 7.03. The molecule has 1 amide bonds. The van der Waals surface area contributed by atoms with Gasteiger partial charge in [-0.3, -0.25) is 4.79 Å². The number of nitrogens with zero attached hydrogens (tertiary/aromatic N) is 1. The van der Waals surface area contributed by atoms with E-state index in [0.717, 1.165) is 56.3 Å². The molecule has 1 aromatic rings. The van der Waals surface area contributed by atoms with Gasteiger partial charge >= 0.3 is 0 Å². The van der Waals surface area contributed by atoms with Crippen LogP contribution < -0.4 is 5.32 Å². The van der Waals surface area contributed by atoms with Gasteiger partial charge in [-0.25, -0.2) is 0 Å². The minimum atomic E-state index is 0. The van der Waals surface area contributed by atoms with Gasteiger partial charge in [0.1, 0.15) is 0 Å². The maximum atomic E-state index is 12.9. The van der Waals surface area contributed by atoms with Crippen molar-refractivity contribution in [2.75, 3.05) is 26.7 Å². The molecule has 1 unspecified atom stereocenters. The summed E-state index contributed by atoms with van der Waals surface area (Å²) >= 11 is 1.80. The van der Waals surface area contributed by atoms with Gasteiger partial charge in [0.25, 0.3) is 5.91 Å². The van der Waals surface area contributed by atoms with E-state index in [2.05, 4.69) is 22.5 Å². The molecule has 23 heavy (non-hydrogen) atoms. The van der Waals surface area contributed by atoms with Gasteiger partial charge in [0.2, 0.25) is 0 Å². The Kier molecular flexibility index (Phi) is 6.93. The number of fused-ring (bicyclic) bond motifs is 1. The smallest absolute Gasteiger partial charge is 0.254 e. The minimum Gasteiger partial charge on any atom is -0.339 e. The number of amides is 1. The summed E-state index contributed by atoms with van der Waals surface area (Å²) in [5, 5.41) is 5.35. The number of likely N-dealkylation sites (tertiary alicyclic amines) is 1. The van der Waals surface area contributed by atoms with Crippen LogP contribution in [0.15, 0.2) is 5.38 Å². The van der Waals surface area contributed by atoms with E-state index in [9.17, 15) is 4.79 Å². The summed E-state index contributed by atoms with van der Waals surface area (Å²) in [7, 11) is 2.01. The van der Waals surface area contributed by atoms with Gasteiger partial charge in [-0.05, 0) is 69.5 Å². The van der Waals surface area contributed by atoms with Crippen molar-refractivity contribution in [2.24, 2.45) is 11.8 Å². The van der Waals surface area contributed by atoms with Crippen LogP contribution in [0.2, 0.25) is 0 Å². The number of hydrogen-bond acceptors (Lipinski definition) is 3. The van der Waals surface area contributed by atoms with Crippen LogP contribution in [0.1, 0.15) is 53.4 Å². The zero-order valence-corrected chi connectivity index (χ0v) is 15.9. The van der Waals surface area contributed by atoms with Crippen LogP contribution in [-0.4, -0.2) is 37.5 Å². The topological polar surface area (TPSA) is 32.3 Å². The maximum Gasteiger partial charge on any atom is 0.254 e. The summed E-state index contributed by atoms with van der Waals surface area (Å²) in [6.07, 6.45) is 7.06. The molecule has 1 aromatic heterocycles. The number of carbonyl (C=O) groups is 1. The highest BCUT2D eigenvalue weighted by molar-refractivity contribution is 7.10. The fourth-order valence-corrected chi connectivity index (χ4v) is 5.04. The van der Waals surface area contributed by atoms with E-state index < -0.39 is 0 Å². The van der Waals surface area contributed by atoms with E-state index in [4.69, 9.17) is 0 Å². The van der Waals surface area contributed by atoms with Crippen molar-refractivity contribution >= 4 is 29.7 Å². The molecule has 2 heterocycles. The molecule has 1 fully saturated rings. The van der Waals surface area contributed by atoms with E-state index in [1.807, 2.05) is 7.05 Å². The molecule has 3 rings (SSSR count). The lowest BCUT2D eigenvalue weighted by atomic mass is 9.88. The Morgan fingerprint density at radius 3 is 2.78 bits per heavy atom. The number of nitrogens with one attached hydrogen (secondary N) is 1. The van der Waals surface area contributed by atoms with Crippen molar-refractivity contribution in [1.29, 1.82) is 0 Å². The third-order valence-electron chi connectivity index (χ3n) is 5.34. The molecule has 1 atom stereocenters. The minimum absolute atomic E-state index is 0. The highest BCUT2D eigenvalue weighted by atomic mass is 35.5. The summed E-state index contributed by atoms with van der Waals surface area (Å²) < 4.78 is 0. The van der Waals surface area contributed by atoms with Crippen molar-refractivity contribution in [3.8, 4) is 0 Å². The van der Waals surface area contributed by atoms with E-state index in [1.165, 1.54) is 29.7 Å². The number of thiophene rings is 1. The first-order chi connectivity index (χ1) is 10.7. The zero-order chi connectivity index (χ0) is 15.5. The molecule has 130 valence electrons. The Morgan fingerprint density at radius 2 is 2.09 bits per heavy atom. The molecule has 5 heteroatoms. The Labute approximate surface area is 150 Å². The quantitative estimate of drug-likeness (QED) is 0.890. The van der Waals surface area contributed by atoms with Gasteiger partial charge in [-0.1, -0.05) is 6.92 Å². The summed E-state index contributed by atoms with van der Waals surface area (Å²) in [6.45, 7) is 5.29. The highest BCUT2D eigenvalue weighted by Gasteiger charge is 2.28. The normalized spacial score (nSPS) is 21.7. The second-order valence-corrected chi connectivity index (χ2v) is 7.99. The van der Waals surface area contributed by atoms with Gasteiger partial charge in [-0.15, -0.1) is 23.7 Å². The molecule has 1 aliphatic carbocycles. The number of rotatable bonds is 4. The fourth-order valence-electron chi connectivity index (χ4n) is 3.80. The fraction of sp³-hybridized carbons (Fsp3) is 0.722. The van der Waals surface area contributed by atoms with E-state index in [-0.39, 0.29) is 12.4 Å². The van der Waals surface area contributed by atoms with Gasteiger partial charge in [0, 0.05) is 23.3 Å². The molecule has 1 N–H and O–H groups in total. The molecule has 0 aromatic carbocycles. The Hall–Kier alpha value is -0.580. The van der Waals surface area contributed by atoms with Crippen molar-refractivity contribution < 1.29 is 4.79 Å². The summed E-state index contributed by atoms with van der Waals surface area (Å²) in [5.74, 6) is 1.85. The van der Waals surface area contributed by atoms with Gasteiger partial charge in [-0.2, -0.15) is 0 Å². The molecule has 2 aliphatic rings. The third-order valence-corrected chi connectivity index (χ3v) is 6.39. The Bertz CT molecular complexity index is 523. The monoisotopic (exact) mass is 356 g/mol. The van der Waals surface area contributed by atoms with Crippen LogP contribution in [-0.2, 0) is 12.8 Å². The van der Waals surface area contributed by atoms with Crippen LogP contribution in [0.3, 0.4) is 0 Å². The first-order valence-corrected chi connectivity index (χ1v) is 9.60. The molecule has 0 spiro atoms. The summed E-state index contributed by atoms with van der Waals surface area (Å²) in [6, 6.07) is 0. The predicted octanol–water partition coefficient (Wildman–Crippen LogP) is 3.76. The molecular formula is C18H29ClN2OS. The highest BCUT2D eigenvalue weighted by Crippen LogP contribution is 2.34. The molecule has 1 aliphatic heterocycles.